The summed E-state index contributed by atoms with van der Waals surface area (Å²) in [7, 11) is 0. The topological polar surface area (TPSA) is 262 Å². The maximum absolute atomic E-state index is 11.2. The van der Waals surface area contributed by atoms with Gasteiger partial charge in [0.1, 0.15) is 12.2 Å². The number of benzene rings is 1. The van der Waals surface area contributed by atoms with E-state index in [1.165, 1.54) is 57.8 Å². The average molecular weight is 1110 g/mol. The van der Waals surface area contributed by atoms with Gasteiger partial charge in [-0.1, -0.05) is 62.4 Å². The van der Waals surface area contributed by atoms with Gasteiger partial charge in [-0.05, 0) is 188 Å². The molecule has 20 heteroatoms. The Bertz CT molecular complexity index is 1680. The quantitative estimate of drug-likeness (QED) is 0.0533. The van der Waals surface area contributed by atoms with E-state index in [-0.39, 0.29) is 72.8 Å². The lowest BCUT2D eigenvalue weighted by atomic mass is 9.90. The SMILES string of the molecule is C=C(NC(C)C)OCC1CCCC1.CC(C)NC(=O)O.CC(C)NC(=O)OC(C)(C)C.CC(C)NC(=O)OC(C)C.CC(C)NC(=O)OCC1CCCCC1.CC(C)NC(=O)OCc1ccccc1.CCOC(=O)NC(C)C. The Morgan fingerprint density at radius 1 is 0.500 bits per heavy atom. The standard InChI is InChI=1S/C11H21NO2.C11H15NO2.C11H21NO.C8H17NO2.C7H15NO2.C6H13NO2.C4H9NO2/c2*1-9(2)12-11(13)14-8-10-6-4-3-5-7-10;1-9(2)12-10(3)13-8-11-6-4-5-7-11;1-6(2)9-7(10)11-8(3,4)5;1-5(2)8-7(9)10-6(3)4;1-4-9-6(8)7-5(2)3;1-3(2)5-4(6)7/h9-10H,3-8H2,1-2H3,(H,12,13);3-7,9H,8H2,1-2H3,(H,12,13);9,11-12H,3-8H2,1-2H3;6H,1-5H3,(H,9,10);5-6H,1-4H3,(H,8,9);5H,4H2,1-3H3,(H,7,8);3,5H,1-2H3,(H,6,7). The van der Waals surface area contributed by atoms with Gasteiger partial charge >= 0.3 is 36.6 Å². The molecule has 0 radical (unpaired) electrons. The van der Waals surface area contributed by atoms with Gasteiger partial charge in [-0.2, -0.15) is 0 Å². The van der Waals surface area contributed by atoms with Crippen LogP contribution in [0.2, 0.25) is 0 Å². The third-order valence-corrected chi connectivity index (χ3v) is 9.27. The normalized spacial score (nSPS) is 12.8. The molecule has 0 bridgehead atoms. The molecule has 0 aliphatic heterocycles. The summed E-state index contributed by atoms with van der Waals surface area (Å²) in [5.74, 6) is 2.09. The molecule has 0 heterocycles. The van der Waals surface area contributed by atoms with Crippen molar-refractivity contribution in [2.45, 2.75) is 257 Å². The maximum atomic E-state index is 11.2. The van der Waals surface area contributed by atoms with Gasteiger partial charge < -0.3 is 70.7 Å². The number of hydrogen-bond acceptors (Lipinski definition) is 13. The molecule has 0 aromatic heterocycles. The molecule has 20 nitrogen and oxygen atoms in total. The van der Waals surface area contributed by atoms with E-state index in [1.807, 2.05) is 134 Å². The second kappa shape index (κ2) is 48.3. The Labute approximate surface area is 471 Å². The summed E-state index contributed by atoms with van der Waals surface area (Å²) in [6, 6.07) is 10.7. The van der Waals surface area contributed by atoms with Crippen LogP contribution in [-0.2, 0) is 35.0 Å². The number of amides is 6. The predicted molar refractivity (Wildman–Crippen MR) is 312 cm³/mol. The first-order chi connectivity index (χ1) is 36.2. The highest BCUT2D eigenvalue weighted by Crippen LogP contribution is 2.25. The lowest BCUT2D eigenvalue weighted by Crippen LogP contribution is -2.36. The molecular formula is C58H111N7O13. The van der Waals surface area contributed by atoms with Crippen LogP contribution in [0.4, 0.5) is 28.8 Å². The Balaban J connectivity index is -0.000000414. The molecule has 1 aromatic rings. The molecule has 456 valence electrons. The van der Waals surface area contributed by atoms with E-state index in [1.54, 1.807) is 20.8 Å². The van der Waals surface area contributed by atoms with Crippen molar-refractivity contribution in [2.24, 2.45) is 11.8 Å². The number of ether oxygens (including phenoxy) is 6. The summed E-state index contributed by atoms with van der Waals surface area (Å²) < 4.78 is 30.1. The zero-order valence-corrected chi connectivity index (χ0v) is 51.9. The van der Waals surface area contributed by atoms with Crippen LogP contribution in [0.15, 0.2) is 42.8 Å². The Morgan fingerprint density at radius 2 is 0.859 bits per heavy atom. The van der Waals surface area contributed by atoms with Gasteiger partial charge in [-0.15, -0.1) is 0 Å². The number of carboxylic acid groups (broad SMARTS) is 1. The molecule has 8 N–H and O–H groups in total. The lowest BCUT2D eigenvalue weighted by Gasteiger charge is -2.21. The number of rotatable bonds is 17. The van der Waals surface area contributed by atoms with Crippen molar-refractivity contribution < 1.29 is 62.3 Å². The molecule has 3 rings (SSSR count). The minimum atomic E-state index is -0.963. The minimum absolute atomic E-state index is 0.0255. The molecular weight excluding hydrogens is 1000 g/mol. The van der Waals surface area contributed by atoms with Crippen LogP contribution < -0.4 is 37.2 Å². The summed E-state index contributed by atoms with van der Waals surface area (Å²) in [6.07, 6.45) is 9.08. The van der Waals surface area contributed by atoms with E-state index in [4.69, 9.17) is 28.8 Å². The summed E-state index contributed by atoms with van der Waals surface area (Å²) in [5.41, 5.74) is 0.588. The summed E-state index contributed by atoms with van der Waals surface area (Å²) in [6.45, 7) is 43.7. The zero-order valence-electron chi connectivity index (χ0n) is 51.9. The molecule has 2 aliphatic rings. The molecule has 6 amide bonds. The largest absolute Gasteiger partial charge is 0.479 e. The first-order valence-corrected chi connectivity index (χ1v) is 28.1. The maximum Gasteiger partial charge on any atom is 0.407 e. The molecule has 78 heavy (non-hydrogen) atoms. The number of nitrogens with one attached hydrogen (secondary N) is 7. The highest BCUT2D eigenvalue weighted by atomic mass is 16.6. The van der Waals surface area contributed by atoms with Crippen molar-refractivity contribution in [2.75, 3.05) is 19.8 Å². The van der Waals surface area contributed by atoms with Crippen molar-refractivity contribution in [3.63, 3.8) is 0 Å². The van der Waals surface area contributed by atoms with Crippen LogP contribution in [0.5, 0.6) is 0 Å². The highest BCUT2D eigenvalue weighted by molar-refractivity contribution is 5.69. The molecule has 2 aliphatic carbocycles. The number of alkyl carbamates (subject to hydrolysis) is 5. The van der Waals surface area contributed by atoms with Gasteiger partial charge in [0, 0.05) is 42.3 Å². The molecule has 2 saturated carbocycles. The fourth-order valence-corrected chi connectivity index (χ4v) is 6.27. The molecule has 0 atom stereocenters. The fraction of sp³-hybridized carbons (Fsp3) is 0.759. The molecule has 2 fully saturated rings. The highest BCUT2D eigenvalue weighted by Gasteiger charge is 2.18. The number of hydrogen-bond donors (Lipinski definition) is 8. The Hall–Kier alpha value is -5.82. The number of carbonyl (C=O) groups is 6. The molecule has 0 spiro atoms. The Morgan fingerprint density at radius 3 is 1.22 bits per heavy atom. The van der Waals surface area contributed by atoms with E-state index >= 15 is 0 Å². The smallest absolute Gasteiger partial charge is 0.407 e. The van der Waals surface area contributed by atoms with Crippen molar-refractivity contribution in [1.29, 1.82) is 0 Å². The van der Waals surface area contributed by atoms with Gasteiger partial charge in [0.05, 0.1) is 25.9 Å². The van der Waals surface area contributed by atoms with Gasteiger partial charge in [0.25, 0.3) is 0 Å². The monoisotopic (exact) mass is 1110 g/mol. The summed E-state index contributed by atoms with van der Waals surface area (Å²) in [4.78, 5) is 64.1. The zero-order chi connectivity index (χ0) is 60.8. The lowest BCUT2D eigenvalue weighted by molar-refractivity contribution is 0.0512. The van der Waals surface area contributed by atoms with E-state index in [0.717, 1.165) is 24.0 Å². The van der Waals surface area contributed by atoms with E-state index in [9.17, 15) is 28.8 Å². The van der Waals surface area contributed by atoms with Crippen molar-refractivity contribution in [3.8, 4) is 0 Å². The molecule has 0 unspecified atom stereocenters. The van der Waals surface area contributed by atoms with Crippen molar-refractivity contribution >= 4 is 36.6 Å². The third kappa shape index (κ3) is 64.5. The van der Waals surface area contributed by atoms with Crippen molar-refractivity contribution in [3.05, 3.63) is 48.4 Å². The second-order valence-electron chi connectivity index (χ2n) is 22.1. The van der Waals surface area contributed by atoms with E-state index in [2.05, 4.69) is 62.4 Å². The predicted octanol–water partition coefficient (Wildman–Crippen LogP) is 12.9. The van der Waals surface area contributed by atoms with Crippen LogP contribution in [-0.4, -0.2) is 115 Å². The van der Waals surface area contributed by atoms with Crippen LogP contribution in [0, 0.1) is 11.8 Å². The van der Waals surface area contributed by atoms with Gasteiger partial charge in [-0.25, -0.2) is 28.8 Å². The van der Waals surface area contributed by atoms with Crippen LogP contribution in [0.3, 0.4) is 0 Å². The fourth-order valence-electron chi connectivity index (χ4n) is 6.27. The molecule has 1 aromatic carbocycles. The first kappa shape index (κ1) is 78.7. The van der Waals surface area contributed by atoms with Gasteiger partial charge in [-0.3, -0.25) is 0 Å². The van der Waals surface area contributed by atoms with Crippen LogP contribution in [0.25, 0.3) is 0 Å². The average Bonchev–Trinajstić information content (AvgIpc) is 3.80. The van der Waals surface area contributed by atoms with Gasteiger partial charge in [0.15, 0.2) is 5.88 Å². The second-order valence-corrected chi connectivity index (χ2v) is 22.1. The van der Waals surface area contributed by atoms with Crippen molar-refractivity contribution in [1.82, 2.24) is 37.2 Å². The van der Waals surface area contributed by atoms with Gasteiger partial charge in [0.2, 0.25) is 0 Å². The Kier molecular flexibility index (Phi) is 48.7. The summed E-state index contributed by atoms with van der Waals surface area (Å²) in [5, 5.41) is 26.6. The summed E-state index contributed by atoms with van der Waals surface area (Å²) >= 11 is 0. The van der Waals surface area contributed by atoms with Crippen LogP contribution >= 0.6 is 0 Å². The van der Waals surface area contributed by atoms with Crippen LogP contribution in [0.1, 0.15) is 202 Å². The minimum Gasteiger partial charge on any atom is -0.479 e. The molecule has 0 saturated heterocycles. The first-order valence-electron chi connectivity index (χ1n) is 28.1. The van der Waals surface area contributed by atoms with E-state index < -0.39 is 11.7 Å². The van der Waals surface area contributed by atoms with E-state index in [0.29, 0.717) is 31.8 Å². The third-order valence-electron chi connectivity index (χ3n) is 9.27. The number of carbonyl (C=O) groups excluding carboxylic acids is 5.